The number of thiazole rings is 1. The number of aromatic nitrogens is 1. The predicted octanol–water partition coefficient (Wildman–Crippen LogP) is 3.99. The Labute approximate surface area is 127 Å². The van der Waals surface area contributed by atoms with E-state index in [1.54, 1.807) is 5.38 Å². The van der Waals surface area contributed by atoms with Gasteiger partial charge in [-0.05, 0) is 36.8 Å². The number of carbonyl (C=O) groups is 1. The number of amides is 1. The van der Waals surface area contributed by atoms with Crippen LogP contribution in [0.4, 0.5) is 0 Å². The summed E-state index contributed by atoms with van der Waals surface area (Å²) >= 11 is 7.06. The average molecular weight is 307 g/mol. The van der Waals surface area contributed by atoms with Crippen molar-refractivity contribution in [3.63, 3.8) is 0 Å². The highest BCUT2D eigenvalue weighted by Crippen LogP contribution is 2.42. The van der Waals surface area contributed by atoms with Gasteiger partial charge in [0.15, 0.2) is 4.47 Å². The molecule has 1 heterocycles. The minimum atomic E-state index is -0.145. The van der Waals surface area contributed by atoms with Crippen molar-refractivity contribution >= 4 is 28.8 Å². The van der Waals surface area contributed by atoms with Gasteiger partial charge in [0, 0.05) is 5.38 Å². The fourth-order valence-electron chi connectivity index (χ4n) is 2.39. The maximum atomic E-state index is 12.3. The van der Waals surface area contributed by atoms with E-state index in [0.717, 1.165) is 12.8 Å². The highest BCUT2D eigenvalue weighted by atomic mass is 35.5. The van der Waals surface area contributed by atoms with Crippen LogP contribution in [0.1, 0.15) is 40.5 Å². The monoisotopic (exact) mass is 306 g/mol. The second kappa shape index (κ2) is 5.54. The van der Waals surface area contributed by atoms with Crippen LogP contribution in [-0.4, -0.2) is 10.9 Å². The van der Waals surface area contributed by atoms with Gasteiger partial charge in [0.25, 0.3) is 5.91 Å². The van der Waals surface area contributed by atoms with Crippen LogP contribution >= 0.6 is 22.9 Å². The van der Waals surface area contributed by atoms with E-state index in [-0.39, 0.29) is 11.9 Å². The third kappa shape index (κ3) is 2.86. The third-order valence-electron chi connectivity index (χ3n) is 3.61. The highest BCUT2D eigenvalue weighted by molar-refractivity contribution is 7.14. The summed E-state index contributed by atoms with van der Waals surface area (Å²) in [6, 6.07) is 8.28. The molecule has 0 aliphatic heterocycles. The zero-order valence-electron chi connectivity index (χ0n) is 11.1. The predicted molar refractivity (Wildman–Crippen MR) is 81.2 cm³/mol. The van der Waals surface area contributed by atoms with Crippen molar-refractivity contribution in [2.45, 2.75) is 25.8 Å². The minimum Gasteiger partial charge on any atom is -0.344 e. The summed E-state index contributed by atoms with van der Waals surface area (Å²) in [6.07, 6.45) is 2.33. The number of benzene rings is 1. The van der Waals surface area contributed by atoms with E-state index in [1.165, 1.54) is 22.5 Å². The molecule has 1 N–H and O–H groups in total. The molecule has 1 aliphatic rings. The van der Waals surface area contributed by atoms with Gasteiger partial charge in [-0.1, -0.05) is 35.9 Å². The Kier molecular flexibility index (Phi) is 3.76. The zero-order valence-corrected chi connectivity index (χ0v) is 12.7. The first-order chi connectivity index (χ1) is 9.65. The molecule has 1 fully saturated rings. The summed E-state index contributed by atoms with van der Waals surface area (Å²) in [5, 5.41) is 4.81. The SMILES string of the molecule is Cc1ccccc1C(NC(=O)c1csc(Cl)n1)C1CC1. The van der Waals surface area contributed by atoms with Crippen molar-refractivity contribution in [3.8, 4) is 0 Å². The Balaban J connectivity index is 1.82. The molecule has 1 saturated carbocycles. The van der Waals surface area contributed by atoms with Gasteiger partial charge < -0.3 is 5.32 Å². The van der Waals surface area contributed by atoms with Crippen molar-refractivity contribution in [2.24, 2.45) is 5.92 Å². The Morgan fingerprint density at radius 2 is 2.20 bits per heavy atom. The number of nitrogens with zero attached hydrogens (tertiary/aromatic N) is 1. The molecule has 1 aliphatic carbocycles. The molecular weight excluding hydrogens is 292 g/mol. The smallest absolute Gasteiger partial charge is 0.271 e. The van der Waals surface area contributed by atoms with Gasteiger partial charge >= 0.3 is 0 Å². The van der Waals surface area contributed by atoms with E-state index >= 15 is 0 Å². The van der Waals surface area contributed by atoms with Crippen LogP contribution in [0.15, 0.2) is 29.6 Å². The van der Waals surface area contributed by atoms with Crippen LogP contribution < -0.4 is 5.32 Å². The van der Waals surface area contributed by atoms with Crippen molar-refractivity contribution in [3.05, 3.63) is 50.9 Å². The molecule has 104 valence electrons. The Bertz CT molecular complexity index is 636. The normalized spacial score (nSPS) is 15.9. The van der Waals surface area contributed by atoms with E-state index < -0.39 is 0 Å². The molecular formula is C15H15ClN2OS. The molecule has 0 bridgehead atoms. The van der Waals surface area contributed by atoms with E-state index in [0.29, 0.717) is 16.1 Å². The van der Waals surface area contributed by atoms with Crippen LogP contribution in [0.25, 0.3) is 0 Å². The largest absolute Gasteiger partial charge is 0.344 e. The summed E-state index contributed by atoms with van der Waals surface area (Å²) in [5.74, 6) is 0.391. The molecule has 1 atom stereocenters. The van der Waals surface area contributed by atoms with Gasteiger partial charge in [-0.25, -0.2) is 4.98 Å². The Morgan fingerprint density at radius 3 is 2.80 bits per heavy atom. The fourth-order valence-corrected chi connectivity index (χ4v) is 3.13. The molecule has 20 heavy (non-hydrogen) atoms. The molecule has 1 aromatic heterocycles. The maximum Gasteiger partial charge on any atom is 0.271 e. The van der Waals surface area contributed by atoms with Gasteiger partial charge in [0.1, 0.15) is 5.69 Å². The van der Waals surface area contributed by atoms with Gasteiger partial charge in [0.05, 0.1) is 6.04 Å². The lowest BCUT2D eigenvalue weighted by molar-refractivity contribution is 0.0927. The van der Waals surface area contributed by atoms with E-state index in [9.17, 15) is 4.79 Å². The van der Waals surface area contributed by atoms with Crippen LogP contribution in [0.5, 0.6) is 0 Å². The molecule has 0 spiro atoms. The second-order valence-corrected chi connectivity index (χ2v) is 6.57. The zero-order chi connectivity index (χ0) is 14.1. The molecule has 1 aromatic carbocycles. The molecule has 0 radical (unpaired) electrons. The number of nitrogens with one attached hydrogen (secondary N) is 1. The Hall–Kier alpha value is -1.39. The van der Waals surface area contributed by atoms with Crippen molar-refractivity contribution in [2.75, 3.05) is 0 Å². The lowest BCUT2D eigenvalue weighted by Crippen LogP contribution is -2.30. The number of carbonyl (C=O) groups excluding carboxylic acids is 1. The third-order valence-corrected chi connectivity index (χ3v) is 4.59. The van der Waals surface area contributed by atoms with Crippen LogP contribution in [0, 0.1) is 12.8 Å². The minimum absolute atomic E-state index is 0.0733. The quantitative estimate of drug-likeness (QED) is 0.928. The molecule has 3 rings (SSSR count). The lowest BCUT2D eigenvalue weighted by Gasteiger charge is -2.20. The number of hydrogen-bond acceptors (Lipinski definition) is 3. The van der Waals surface area contributed by atoms with Crippen LogP contribution in [0.2, 0.25) is 4.47 Å². The lowest BCUT2D eigenvalue weighted by atomic mass is 9.97. The maximum absolute atomic E-state index is 12.3. The van der Waals surface area contributed by atoms with Crippen molar-refractivity contribution in [1.29, 1.82) is 0 Å². The van der Waals surface area contributed by atoms with Gasteiger partial charge in [-0.3, -0.25) is 4.79 Å². The first-order valence-corrected chi connectivity index (χ1v) is 7.88. The molecule has 2 aromatic rings. The first kappa shape index (κ1) is 13.6. The summed E-state index contributed by atoms with van der Waals surface area (Å²) in [7, 11) is 0. The van der Waals surface area contributed by atoms with Gasteiger partial charge in [-0.2, -0.15) is 0 Å². The van der Waals surface area contributed by atoms with E-state index in [1.807, 2.05) is 12.1 Å². The molecule has 5 heteroatoms. The van der Waals surface area contributed by atoms with Gasteiger partial charge in [0.2, 0.25) is 0 Å². The average Bonchev–Trinajstić information content (AvgIpc) is 3.18. The summed E-state index contributed by atoms with van der Waals surface area (Å²) in [6.45, 7) is 2.08. The number of rotatable bonds is 4. The van der Waals surface area contributed by atoms with Gasteiger partial charge in [-0.15, -0.1) is 11.3 Å². The first-order valence-electron chi connectivity index (χ1n) is 6.62. The summed E-state index contributed by atoms with van der Waals surface area (Å²) < 4.78 is 0.397. The Morgan fingerprint density at radius 1 is 1.45 bits per heavy atom. The standard InChI is InChI=1S/C15H15ClN2OS/c1-9-4-2-3-5-11(9)13(10-6-7-10)18-14(19)12-8-20-15(16)17-12/h2-5,8,10,13H,6-7H2,1H3,(H,18,19). The summed E-state index contributed by atoms with van der Waals surface area (Å²) in [5.41, 5.74) is 2.81. The van der Waals surface area contributed by atoms with E-state index in [4.69, 9.17) is 11.6 Å². The molecule has 1 amide bonds. The molecule has 3 nitrogen and oxygen atoms in total. The van der Waals surface area contributed by atoms with Crippen molar-refractivity contribution in [1.82, 2.24) is 10.3 Å². The van der Waals surface area contributed by atoms with Crippen LogP contribution in [0.3, 0.4) is 0 Å². The molecule has 0 saturated heterocycles. The van der Waals surface area contributed by atoms with E-state index in [2.05, 4.69) is 29.4 Å². The number of halogens is 1. The second-order valence-electron chi connectivity index (χ2n) is 5.13. The van der Waals surface area contributed by atoms with Crippen molar-refractivity contribution < 1.29 is 4.79 Å². The number of hydrogen-bond donors (Lipinski definition) is 1. The topological polar surface area (TPSA) is 42.0 Å². The fraction of sp³-hybridized carbons (Fsp3) is 0.333. The highest BCUT2D eigenvalue weighted by Gasteiger charge is 2.34. The van der Waals surface area contributed by atoms with Crippen LogP contribution in [-0.2, 0) is 0 Å². The molecule has 1 unspecified atom stereocenters. The summed E-state index contributed by atoms with van der Waals surface area (Å²) in [4.78, 5) is 16.3. The number of aryl methyl sites for hydroxylation is 1.